The van der Waals surface area contributed by atoms with E-state index in [0.717, 1.165) is 5.56 Å². The summed E-state index contributed by atoms with van der Waals surface area (Å²) in [6, 6.07) is 11.5. The van der Waals surface area contributed by atoms with Crippen molar-refractivity contribution in [3.05, 3.63) is 65.5 Å². The van der Waals surface area contributed by atoms with Crippen molar-refractivity contribution >= 4 is 29.5 Å². The fourth-order valence-electron chi connectivity index (χ4n) is 6.56. The summed E-state index contributed by atoms with van der Waals surface area (Å²) in [4.78, 5) is 69.5. The maximum absolute atomic E-state index is 14.3. The van der Waals surface area contributed by atoms with Crippen LogP contribution in [0.15, 0.2) is 48.5 Å². The van der Waals surface area contributed by atoms with Crippen LogP contribution in [-0.4, -0.2) is 105 Å². The second-order valence-electron chi connectivity index (χ2n) is 14.1. The first kappa shape index (κ1) is 39.3. The molecule has 2 atom stereocenters. The van der Waals surface area contributed by atoms with Crippen LogP contribution in [-0.2, 0) is 29.3 Å². The van der Waals surface area contributed by atoms with Crippen molar-refractivity contribution in [3.63, 3.8) is 0 Å². The van der Waals surface area contributed by atoms with E-state index in [0.29, 0.717) is 45.4 Å². The minimum atomic E-state index is -1.08. The molecule has 0 saturated carbocycles. The lowest BCUT2D eigenvalue weighted by atomic mass is 9.74. The minimum absolute atomic E-state index is 0.0179. The highest BCUT2D eigenvalue weighted by Gasteiger charge is 2.36. The predicted molar refractivity (Wildman–Crippen MR) is 189 cm³/mol. The zero-order chi connectivity index (χ0) is 37.0. The second kappa shape index (κ2) is 18.6. The summed E-state index contributed by atoms with van der Waals surface area (Å²) >= 11 is 0. The molecule has 278 valence electrons. The number of amides is 5. The average molecular weight is 710 g/mol. The molecule has 0 spiro atoms. The van der Waals surface area contributed by atoms with Gasteiger partial charge in [-0.2, -0.15) is 0 Å². The van der Waals surface area contributed by atoms with Gasteiger partial charge in [0.15, 0.2) is 0 Å². The number of hydrogen-bond acceptors (Lipinski definition) is 7. The van der Waals surface area contributed by atoms with E-state index in [1.807, 2.05) is 19.9 Å². The lowest BCUT2D eigenvalue weighted by Crippen LogP contribution is -2.51. The van der Waals surface area contributed by atoms with Crippen LogP contribution in [0.25, 0.3) is 0 Å². The fourth-order valence-corrected chi connectivity index (χ4v) is 6.56. The van der Waals surface area contributed by atoms with Crippen LogP contribution >= 0.6 is 0 Å². The molecule has 2 heterocycles. The quantitative estimate of drug-likeness (QED) is 0.418. The fraction of sp³-hybridized carbons (Fsp3) is 0.553. The molecule has 12 nitrogen and oxygen atoms in total. The van der Waals surface area contributed by atoms with E-state index in [-0.39, 0.29) is 79.7 Å². The molecule has 2 aliphatic rings. The number of nitrogens with zero attached hydrogens (tertiary/aromatic N) is 2. The lowest BCUT2D eigenvalue weighted by molar-refractivity contribution is -0.135. The first-order valence-electron chi connectivity index (χ1n) is 17.8. The van der Waals surface area contributed by atoms with E-state index < -0.39 is 29.3 Å². The Morgan fingerprint density at radius 2 is 1.71 bits per heavy atom. The van der Waals surface area contributed by atoms with Gasteiger partial charge >= 0.3 is 0 Å². The number of carbonyl (C=O) groups is 5. The highest BCUT2D eigenvalue weighted by Crippen LogP contribution is 2.34. The predicted octanol–water partition coefficient (Wildman–Crippen LogP) is 3.19. The summed E-state index contributed by atoms with van der Waals surface area (Å²) in [6.45, 7) is 5.38. The average Bonchev–Trinajstić information content (AvgIpc) is 3.10. The van der Waals surface area contributed by atoms with Crippen LogP contribution < -0.4 is 20.7 Å². The zero-order valence-electron chi connectivity index (χ0n) is 30.2. The molecule has 4 rings (SSSR count). The molecular weight excluding hydrogens is 657 g/mol. The third-order valence-electron chi connectivity index (χ3n) is 9.57. The Morgan fingerprint density at radius 3 is 2.43 bits per heavy atom. The van der Waals surface area contributed by atoms with Gasteiger partial charge in [-0.3, -0.25) is 24.0 Å². The standard InChI is InChI=1S/C38H52FN5O7/c1-26(2)21-29-24-51-32-12-6-5-11-30(32)36(48)42-31(14-15-35(47)43(3)18-8-13-34(46)44(4)23-33(45)41-29)37(49)40-25-38(16-19-50-20-17-38)27-9-7-10-28(39)22-27/h5-7,9-12,22,26,29,31H,8,13-21,23-25H2,1-4H3,(H,40,49)(H,41,45)(H,42,48)/t29-,31-/m0/s1. The summed E-state index contributed by atoms with van der Waals surface area (Å²) < 4.78 is 26.0. The van der Waals surface area contributed by atoms with Gasteiger partial charge in [-0.25, -0.2) is 4.39 Å². The number of ether oxygens (including phenoxy) is 2. The molecule has 0 radical (unpaired) electrons. The summed E-state index contributed by atoms with van der Waals surface area (Å²) in [6.07, 6.45) is 2.25. The van der Waals surface area contributed by atoms with Crippen LogP contribution in [0.2, 0.25) is 0 Å². The Labute approximate surface area is 299 Å². The highest BCUT2D eigenvalue weighted by atomic mass is 19.1. The number of nitrogens with one attached hydrogen (secondary N) is 3. The van der Waals surface area contributed by atoms with Gasteiger partial charge in [-0.1, -0.05) is 38.1 Å². The normalized spacial score (nSPS) is 21.6. The topological polar surface area (TPSA) is 146 Å². The van der Waals surface area contributed by atoms with E-state index in [4.69, 9.17) is 9.47 Å². The Hall–Kier alpha value is -4.52. The van der Waals surface area contributed by atoms with E-state index in [2.05, 4.69) is 16.0 Å². The summed E-state index contributed by atoms with van der Waals surface area (Å²) in [7, 11) is 3.19. The van der Waals surface area contributed by atoms with Crippen LogP contribution in [0.3, 0.4) is 0 Å². The van der Waals surface area contributed by atoms with Gasteiger partial charge in [0.2, 0.25) is 23.6 Å². The number of halogens is 1. The maximum Gasteiger partial charge on any atom is 0.255 e. The molecule has 5 amide bonds. The largest absolute Gasteiger partial charge is 0.491 e. The SMILES string of the molecule is CC(C)C[C@H]1COc2ccccc2C(=O)N[C@H](C(=O)NCC2(c3cccc(F)c3)CCOCC2)CCC(=O)N(C)CCCC(=O)N(C)CC(=O)N1. The van der Waals surface area contributed by atoms with E-state index in [1.54, 1.807) is 44.4 Å². The number of fused-ring (bicyclic) bond motifs is 1. The molecule has 51 heavy (non-hydrogen) atoms. The second-order valence-corrected chi connectivity index (χ2v) is 14.1. The zero-order valence-corrected chi connectivity index (χ0v) is 30.2. The van der Waals surface area contributed by atoms with Gasteiger partial charge < -0.3 is 35.2 Å². The third-order valence-corrected chi connectivity index (χ3v) is 9.57. The maximum atomic E-state index is 14.3. The summed E-state index contributed by atoms with van der Waals surface area (Å²) in [5.41, 5.74) is 0.372. The van der Waals surface area contributed by atoms with Gasteiger partial charge in [0, 0.05) is 58.7 Å². The van der Waals surface area contributed by atoms with Gasteiger partial charge in [-0.05, 0) is 67.9 Å². The minimum Gasteiger partial charge on any atom is -0.491 e. The molecule has 0 aromatic heterocycles. The highest BCUT2D eigenvalue weighted by molar-refractivity contribution is 5.99. The number of benzene rings is 2. The molecule has 0 bridgehead atoms. The van der Waals surface area contributed by atoms with Crippen molar-refractivity contribution < 1.29 is 37.8 Å². The van der Waals surface area contributed by atoms with Crippen molar-refractivity contribution in [1.29, 1.82) is 0 Å². The Bertz CT molecular complexity index is 1530. The van der Waals surface area contributed by atoms with Crippen LogP contribution in [0.5, 0.6) is 5.75 Å². The Morgan fingerprint density at radius 1 is 0.980 bits per heavy atom. The van der Waals surface area contributed by atoms with Crippen molar-refractivity contribution in [2.45, 2.75) is 76.3 Å². The number of likely N-dealkylation sites (N-methyl/N-ethyl adjacent to an activating group) is 1. The number of carbonyl (C=O) groups excluding carboxylic acids is 5. The van der Waals surface area contributed by atoms with Crippen LogP contribution in [0, 0.1) is 11.7 Å². The molecule has 1 fully saturated rings. The lowest BCUT2D eigenvalue weighted by Gasteiger charge is -2.38. The van der Waals surface area contributed by atoms with Gasteiger partial charge in [-0.15, -0.1) is 0 Å². The monoisotopic (exact) mass is 709 g/mol. The van der Waals surface area contributed by atoms with E-state index in [9.17, 15) is 28.4 Å². The summed E-state index contributed by atoms with van der Waals surface area (Å²) in [5.74, 6) is -1.72. The van der Waals surface area contributed by atoms with E-state index in [1.165, 1.54) is 21.9 Å². The first-order chi connectivity index (χ1) is 24.4. The van der Waals surface area contributed by atoms with Gasteiger partial charge in [0.05, 0.1) is 18.2 Å². The van der Waals surface area contributed by atoms with Crippen molar-refractivity contribution in [1.82, 2.24) is 25.8 Å². The van der Waals surface area contributed by atoms with Crippen LogP contribution in [0.1, 0.15) is 74.7 Å². The number of para-hydroxylation sites is 1. The van der Waals surface area contributed by atoms with Crippen molar-refractivity contribution in [3.8, 4) is 5.75 Å². The summed E-state index contributed by atoms with van der Waals surface area (Å²) in [5, 5.41) is 8.80. The first-order valence-corrected chi connectivity index (χ1v) is 17.8. The number of hydrogen-bond donors (Lipinski definition) is 3. The molecule has 0 aliphatic carbocycles. The van der Waals surface area contributed by atoms with Gasteiger partial charge in [0.25, 0.3) is 5.91 Å². The molecule has 13 heteroatoms. The Balaban J connectivity index is 1.58. The Kier molecular flexibility index (Phi) is 14.4. The molecule has 3 N–H and O–H groups in total. The molecule has 1 saturated heterocycles. The smallest absolute Gasteiger partial charge is 0.255 e. The molecule has 0 unspecified atom stereocenters. The van der Waals surface area contributed by atoms with E-state index >= 15 is 0 Å². The molecular formula is C38H52FN5O7. The van der Waals surface area contributed by atoms with Crippen molar-refractivity contribution in [2.75, 3.05) is 53.6 Å². The van der Waals surface area contributed by atoms with Crippen molar-refractivity contribution in [2.24, 2.45) is 5.92 Å². The molecule has 2 aliphatic heterocycles. The molecule has 2 aromatic rings. The number of rotatable bonds is 6. The van der Waals surface area contributed by atoms with Crippen LogP contribution in [0.4, 0.5) is 4.39 Å². The van der Waals surface area contributed by atoms with Gasteiger partial charge in [0.1, 0.15) is 24.2 Å². The molecule has 2 aromatic carbocycles. The third kappa shape index (κ3) is 11.5.